The molecule has 0 bridgehead atoms. The number of halogens is 1. The number of carboxylic acid groups (broad SMARTS) is 1. The van der Waals surface area contributed by atoms with Crippen molar-refractivity contribution in [3.05, 3.63) is 105 Å². The number of hydrogen-bond donors (Lipinski definition) is 2. The Bertz CT molecular complexity index is 1700. The summed E-state index contributed by atoms with van der Waals surface area (Å²) in [7, 11) is -3.44. The van der Waals surface area contributed by atoms with E-state index in [0.29, 0.717) is 23.6 Å². The molecule has 4 rings (SSSR count). The smallest absolute Gasteiger partial charge is 0.366 e. The second kappa shape index (κ2) is 14.2. The molecule has 2 N–H and O–H groups in total. The van der Waals surface area contributed by atoms with Crippen molar-refractivity contribution in [3.8, 4) is 11.5 Å². The minimum atomic E-state index is -3.44. The molecule has 44 heavy (non-hydrogen) atoms. The molecule has 0 aliphatic rings. The van der Waals surface area contributed by atoms with Gasteiger partial charge in [0.2, 0.25) is 0 Å². The fraction of sp³-hybridized carbons (Fsp3) is 0.281. The van der Waals surface area contributed by atoms with Crippen molar-refractivity contribution < 1.29 is 32.6 Å². The summed E-state index contributed by atoms with van der Waals surface area (Å²) in [6.07, 6.45) is -0.761. The maximum atomic E-state index is 12.9. The van der Waals surface area contributed by atoms with Crippen molar-refractivity contribution in [3.63, 3.8) is 0 Å². The Morgan fingerprint density at radius 3 is 2.36 bits per heavy atom. The first-order chi connectivity index (χ1) is 20.8. The number of ether oxygens (including phenoxy) is 2. The molecule has 0 radical (unpaired) electrons. The maximum Gasteiger partial charge on any atom is 0.366 e. The highest BCUT2D eigenvalue weighted by Gasteiger charge is 2.23. The number of aliphatic carboxylic acids is 1. The third kappa shape index (κ3) is 9.28. The second-order valence-electron chi connectivity index (χ2n) is 11.0. The van der Waals surface area contributed by atoms with Crippen molar-refractivity contribution >= 4 is 44.7 Å². The highest BCUT2D eigenvalue weighted by molar-refractivity contribution is 7.91. The van der Waals surface area contributed by atoms with Crippen LogP contribution in [0.15, 0.2) is 83.1 Å². The van der Waals surface area contributed by atoms with Crippen LogP contribution in [0.1, 0.15) is 53.8 Å². The fourth-order valence-corrected chi connectivity index (χ4v) is 6.40. The minimum Gasteiger partial charge on any atom is -0.486 e. The fourth-order valence-electron chi connectivity index (χ4n) is 4.03. The molecule has 1 aromatic heterocycles. The van der Waals surface area contributed by atoms with Crippen molar-refractivity contribution in [1.82, 2.24) is 10.3 Å². The molecule has 1 amide bonds. The highest BCUT2D eigenvalue weighted by atomic mass is 35.5. The Balaban J connectivity index is 1.30. The molecule has 4 aromatic rings. The summed E-state index contributed by atoms with van der Waals surface area (Å²) in [6, 6.07) is 19.0. The highest BCUT2D eigenvalue weighted by Crippen LogP contribution is 2.25. The molecule has 1 atom stereocenters. The van der Waals surface area contributed by atoms with E-state index in [9.17, 15) is 23.1 Å². The van der Waals surface area contributed by atoms with Gasteiger partial charge in [0.05, 0.1) is 16.3 Å². The van der Waals surface area contributed by atoms with E-state index < -0.39 is 27.9 Å². The molecule has 0 aliphatic heterocycles. The minimum absolute atomic E-state index is 0.0324. The van der Waals surface area contributed by atoms with Crippen LogP contribution in [0.4, 0.5) is 0 Å². The van der Waals surface area contributed by atoms with Crippen LogP contribution >= 0.6 is 22.9 Å². The Hall–Kier alpha value is -3.93. The normalized spacial score (nSPS) is 12.4. The first-order valence-corrected chi connectivity index (χ1v) is 16.7. The van der Waals surface area contributed by atoms with Crippen LogP contribution < -0.4 is 14.8 Å². The van der Waals surface area contributed by atoms with Crippen LogP contribution in [0.3, 0.4) is 0 Å². The number of nitrogens with one attached hydrogen (secondary N) is 1. The van der Waals surface area contributed by atoms with Gasteiger partial charge >= 0.3 is 5.97 Å². The van der Waals surface area contributed by atoms with Gasteiger partial charge in [-0.25, -0.2) is 18.2 Å². The average Bonchev–Trinajstić information content (AvgIpc) is 3.47. The number of nitrogens with zero attached hydrogens (tertiary/aromatic N) is 1. The number of sulfone groups is 1. The molecule has 3 aromatic carbocycles. The molecular formula is C32H33ClN2O7S2. The molecule has 232 valence electrons. The number of aromatic nitrogens is 1. The summed E-state index contributed by atoms with van der Waals surface area (Å²) in [4.78, 5) is 29.6. The largest absolute Gasteiger partial charge is 0.486 e. The molecular weight excluding hydrogens is 624 g/mol. The topological polar surface area (TPSA) is 132 Å². The molecule has 0 fully saturated rings. The Morgan fingerprint density at radius 2 is 1.73 bits per heavy atom. The molecule has 0 saturated carbocycles. The van der Waals surface area contributed by atoms with E-state index in [0.717, 1.165) is 16.3 Å². The van der Waals surface area contributed by atoms with E-state index >= 15 is 0 Å². The lowest BCUT2D eigenvalue weighted by Gasteiger charge is -2.17. The lowest BCUT2D eigenvalue weighted by Crippen LogP contribution is -2.44. The Labute approximate surface area is 265 Å². The van der Waals surface area contributed by atoms with Gasteiger partial charge in [0, 0.05) is 21.4 Å². The first kappa shape index (κ1) is 33.0. The molecule has 12 heteroatoms. The van der Waals surface area contributed by atoms with Crippen LogP contribution in [0, 0.1) is 0 Å². The quantitative estimate of drug-likeness (QED) is 0.160. The number of rotatable bonds is 13. The van der Waals surface area contributed by atoms with Gasteiger partial charge in [-0.1, -0.05) is 50.6 Å². The molecule has 0 saturated heterocycles. The van der Waals surface area contributed by atoms with Gasteiger partial charge in [-0.3, -0.25) is 4.79 Å². The van der Waals surface area contributed by atoms with Crippen LogP contribution in [0.25, 0.3) is 0 Å². The van der Waals surface area contributed by atoms with Crippen LogP contribution in [-0.2, 0) is 33.1 Å². The predicted octanol–water partition coefficient (Wildman–Crippen LogP) is 6.30. The number of carbonyl (C=O) groups is 2. The molecule has 0 aliphatic carbocycles. The van der Waals surface area contributed by atoms with Crippen LogP contribution in [0.5, 0.6) is 11.5 Å². The molecule has 1 unspecified atom stereocenters. The number of carboxylic acids is 1. The Morgan fingerprint density at radius 1 is 1.02 bits per heavy atom. The van der Waals surface area contributed by atoms with Crippen LogP contribution in [-0.4, -0.2) is 42.4 Å². The standard InChI is InChI=1S/C32H33ClN2O7S2/c1-32(2,3)27-20-43-28(34-27)19-41-25-8-4-7-22(18-25)29(36)35-30(31(37)38)42-24-13-9-21(10-14-24)6-5-17-44(39,40)26-15-11-23(33)12-16-26/h4,7-16,18,20,30H,5-6,17,19H2,1-3H3,(H,35,36)(H,37,38). The SMILES string of the molecule is CC(C)(C)c1csc(COc2cccc(C(=O)NC(Oc3ccc(CCCS(=O)(=O)c4ccc(Cl)cc4)cc3)C(=O)O)c2)n1. The monoisotopic (exact) mass is 656 g/mol. The summed E-state index contributed by atoms with van der Waals surface area (Å²) < 4.78 is 36.4. The van der Waals surface area contributed by atoms with Crippen molar-refractivity contribution in [2.75, 3.05) is 5.75 Å². The van der Waals surface area contributed by atoms with Gasteiger partial charge in [-0.05, 0) is 73.0 Å². The van der Waals surface area contributed by atoms with Gasteiger partial charge in [-0.15, -0.1) is 11.3 Å². The van der Waals surface area contributed by atoms with Gasteiger partial charge in [0.1, 0.15) is 23.1 Å². The summed E-state index contributed by atoms with van der Waals surface area (Å²) in [6.45, 7) is 6.49. The van der Waals surface area contributed by atoms with Crippen molar-refractivity contribution in [2.45, 2.75) is 56.8 Å². The summed E-state index contributed by atoms with van der Waals surface area (Å²) >= 11 is 7.34. The zero-order valence-corrected chi connectivity index (χ0v) is 26.8. The lowest BCUT2D eigenvalue weighted by molar-refractivity contribution is -0.146. The van der Waals surface area contributed by atoms with E-state index in [1.54, 1.807) is 54.6 Å². The third-order valence-electron chi connectivity index (χ3n) is 6.49. The van der Waals surface area contributed by atoms with E-state index in [4.69, 9.17) is 21.1 Å². The van der Waals surface area contributed by atoms with E-state index in [1.165, 1.54) is 29.5 Å². The van der Waals surface area contributed by atoms with Crippen molar-refractivity contribution in [2.24, 2.45) is 0 Å². The van der Waals surface area contributed by atoms with Gasteiger partial charge in [0.15, 0.2) is 9.84 Å². The average molecular weight is 657 g/mol. The van der Waals surface area contributed by atoms with Gasteiger partial charge in [0.25, 0.3) is 12.1 Å². The number of carbonyl (C=O) groups excluding carboxylic acids is 1. The summed E-state index contributed by atoms with van der Waals surface area (Å²) in [5.41, 5.74) is 1.96. The molecule has 0 spiro atoms. The first-order valence-electron chi connectivity index (χ1n) is 13.8. The maximum absolute atomic E-state index is 12.9. The van der Waals surface area contributed by atoms with E-state index in [-0.39, 0.29) is 34.0 Å². The number of amides is 1. The molecule has 1 heterocycles. The van der Waals surface area contributed by atoms with Gasteiger partial charge < -0.3 is 19.9 Å². The van der Waals surface area contributed by atoms with Crippen molar-refractivity contribution in [1.29, 1.82) is 0 Å². The number of aryl methyl sites for hydroxylation is 1. The third-order valence-corrected chi connectivity index (χ3v) is 9.38. The lowest BCUT2D eigenvalue weighted by atomic mass is 9.93. The van der Waals surface area contributed by atoms with Crippen LogP contribution in [0.2, 0.25) is 5.02 Å². The van der Waals surface area contributed by atoms with E-state index in [1.807, 2.05) is 5.38 Å². The Kier molecular flexibility index (Phi) is 10.7. The second-order valence-corrected chi connectivity index (χ2v) is 14.5. The number of benzene rings is 3. The zero-order chi connectivity index (χ0) is 31.9. The summed E-state index contributed by atoms with van der Waals surface area (Å²) in [5.74, 6) is -1.39. The van der Waals surface area contributed by atoms with E-state index in [2.05, 4.69) is 31.1 Å². The number of thiazole rings is 1. The van der Waals surface area contributed by atoms with Gasteiger partial charge in [-0.2, -0.15) is 0 Å². The molecule has 9 nitrogen and oxygen atoms in total. The number of hydrogen-bond acceptors (Lipinski definition) is 8. The zero-order valence-electron chi connectivity index (χ0n) is 24.4. The predicted molar refractivity (Wildman–Crippen MR) is 169 cm³/mol. The summed E-state index contributed by atoms with van der Waals surface area (Å²) in [5, 5.41) is 15.3.